The molecule has 2 aliphatic heterocycles. The molecule has 0 amide bonds. The van der Waals surface area contributed by atoms with Crippen LogP contribution in [-0.2, 0) is 15.3 Å². The molecular formula is C28H22ClF3N6O5. The molecule has 3 aromatic heterocycles. The zero-order valence-electron chi connectivity index (χ0n) is 22.0. The number of aliphatic hydroxyl groups is 2. The Morgan fingerprint density at radius 1 is 0.977 bits per heavy atom. The maximum atomic E-state index is 12.9. The standard InChI is InChI=1S/C28H22ClF3N6O5/c29-18-11-19-25(35-26(33-19)43-21-13-42-20-9-10-41-24(20)21)34-23(18)16-3-1-14(2-4-16)15-5-7-17(8-6-15)38-12-22(36-37-38)27(39,40)28(30,31)32/h1-8,11-12,20-21,24,39-40H,9-10,13H2,(H,33,34,35)/t20-,21?,24+/m1/s1. The van der Waals surface area contributed by atoms with E-state index in [4.69, 9.17) is 25.8 Å². The van der Waals surface area contributed by atoms with Crippen molar-refractivity contribution >= 4 is 22.8 Å². The molecule has 0 aliphatic carbocycles. The molecule has 2 fully saturated rings. The Kier molecular flexibility index (Phi) is 6.63. The lowest BCUT2D eigenvalue weighted by molar-refractivity contribution is -0.360. The third-order valence-corrected chi connectivity index (χ3v) is 7.75. The van der Waals surface area contributed by atoms with Crippen molar-refractivity contribution in [1.29, 1.82) is 0 Å². The molecule has 3 N–H and O–H groups in total. The summed E-state index contributed by atoms with van der Waals surface area (Å²) in [6, 6.07) is 16.3. The van der Waals surface area contributed by atoms with E-state index in [2.05, 4.69) is 25.3 Å². The number of hydrogen-bond acceptors (Lipinski definition) is 9. The van der Waals surface area contributed by atoms with E-state index in [9.17, 15) is 23.4 Å². The fraction of sp³-hybridized carbons (Fsp3) is 0.286. The Hall–Kier alpha value is -4.08. The van der Waals surface area contributed by atoms with Crippen LogP contribution in [0.3, 0.4) is 0 Å². The molecule has 1 unspecified atom stereocenters. The van der Waals surface area contributed by atoms with Crippen LogP contribution in [0, 0.1) is 0 Å². The molecule has 15 heteroatoms. The first kappa shape index (κ1) is 27.7. The van der Waals surface area contributed by atoms with Crippen molar-refractivity contribution in [3.63, 3.8) is 0 Å². The number of nitrogens with zero attached hydrogens (tertiary/aromatic N) is 5. The van der Waals surface area contributed by atoms with E-state index >= 15 is 0 Å². The van der Waals surface area contributed by atoms with Gasteiger partial charge in [0.05, 0.1) is 40.8 Å². The fourth-order valence-corrected chi connectivity index (χ4v) is 5.41. The summed E-state index contributed by atoms with van der Waals surface area (Å²) in [5.74, 6) is -4.11. The third kappa shape index (κ3) is 5.00. The van der Waals surface area contributed by atoms with E-state index in [1.807, 2.05) is 24.3 Å². The summed E-state index contributed by atoms with van der Waals surface area (Å²) >= 11 is 6.58. The number of alkyl halides is 3. The number of pyridine rings is 1. The third-order valence-electron chi connectivity index (χ3n) is 7.46. The second-order valence-electron chi connectivity index (χ2n) is 10.2. The minimum absolute atomic E-state index is 0.0489. The van der Waals surface area contributed by atoms with Gasteiger partial charge in [0.1, 0.15) is 6.10 Å². The molecule has 0 radical (unpaired) electrons. The van der Waals surface area contributed by atoms with Crippen LogP contribution in [0.25, 0.3) is 39.2 Å². The lowest BCUT2D eigenvalue weighted by Gasteiger charge is -2.21. The van der Waals surface area contributed by atoms with Gasteiger partial charge in [0.2, 0.25) is 0 Å². The van der Waals surface area contributed by atoms with Gasteiger partial charge in [0.25, 0.3) is 6.01 Å². The first-order valence-corrected chi connectivity index (χ1v) is 13.6. The molecule has 3 atom stereocenters. The number of aromatic amines is 1. The molecule has 2 aromatic carbocycles. The van der Waals surface area contributed by atoms with E-state index in [0.717, 1.165) is 34.0 Å². The number of aromatic nitrogens is 6. The fourth-order valence-electron chi connectivity index (χ4n) is 5.15. The van der Waals surface area contributed by atoms with Gasteiger partial charge in [0, 0.05) is 12.2 Å². The van der Waals surface area contributed by atoms with E-state index in [1.54, 1.807) is 30.3 Å². The number of hydrogen-bond donors (Lipinski definition) is 3. The van der Waals surface area contributed by atoms with Crippen molar-refractivity contribution in [2.75, 3.05) is 13.2 Å². The number of fused-ring (bicyclic) bond motifs is 2. The normalized spacial score (nSPS) is 20.6. The Balaban J connectivity index is 1.08. The first-order valence-electron chi connectivity index (χ1n) is 13.2. The summed E-state index contributed by atoms with van der Waals surface area (Å²) in [6.07, 6.45) is -3.99. The highest BCUT2D eigenvalue weighted by molar-refractivity contribution is 6.33. The average molecular weight is 615 g/mol. The van der Waals surface area contributed by atoms with Crippen LogP contribution in [0.2, 0.25) is 5.02 Å². The largest absolute Gasteiger partial charge is 0.456 e. The zero-order chi connectivity index (χ0) is 29.9. The molecule has 5 heterocycles. The quantitative estimate of drug-likeness (QED) is 0.241. The Morgan fingerprint density at radius 2 is 1.67 bits per heavy atom. The molecule has 0 spiro atoms. The minimum atomic E-state index is -5.33. The highest BCUT2D eigenvalue weighted by atomic mass is 35.5. The Bertz CT molecular complexity index is 1790. The van der Waals surface area contributed by atoms with Gasteiger partial charge in [0.15, 0.2) is 17.4 Å². The molecule has 43 heavy (non-hydrogen) atoms. The van der Waals surface area contributed by atoms with Gasteiger partial charge >= 0.3 is 12.0 Å². The van der Waals surface area contributed by atoms with E-state index in [0.29, 0.717) is 46.8 Å². The predicted octanol–water partition coefficient (Wildman–Crippen LogP) is 4.16. The van der Waals surface area contributed by atoms with Crippen LogP contribution >= 0.6 is 11.6 Å². The van der Waals surface area contributed by atoms with E-state index in [-0.39, 0.29) is 18.3 Å². The maximum Gasteiger partial charge on any atom is 0.449 e. The van der Waals surface area contributed by atoms with Gasteiger partial charge in [-0.3, -0.25) is 0 Å². The van der Waals surface area contributed by atoms with Crippen LogP contribution in [0.5, 0.6) is 6.01 Å². The summed E-state index contributed by atoms with van der Waals surface area (Å²) in [5.41, 5.74) is 3.40. The second-order valence-corrected chi connectivity index (χ2v) is 10.6. The maximum absolute atomic E-state index is 12.9. The van der Waals surface area contributed by atoms with Crippen molar-refractivity contribution < 1.29 is 37.6 Å². The predicted molar refractivity (Wildman–Crippen MR) is 145 cm³/mol. The van der Waals surface area contributed by atoms with Gasteiger partial charge in [-0.15, -0.1) is 5.10 Å². The Labute approximate surface area is 245 Å². The highest BCUT2D eigenvalue weighted by Crippen LogP contribution is 2.36. The smallest absolute Gasteiger partial charge is 0.449 e. The highest BCUT2D eigenvalue weighted by Gasteiger charge is 2.56. The van der Waals surface area contributed by atoms with Crippen LogP contribution in [0.15, 0.2) is 60.8 Å². The topological polar surface area (TPSA) is 140 Å². The SMILES string of the molecule is OC(O)(c1cn(-c2ccc(-c3ccc(-c4nc5nc(OC6CO[C@@H]7CCO[C@H]67)[nH]c5cc4Cl)cc3)cc2)nn1)C(F)(F)F. The Morgan fingerprint density at radius 3 is 2.40 bits per heavy atom. The van der Waals surface area contributed by atoms with Crippen LogP contribution in [0.1, 0.15) is 12.1 Å². The van der Waals surface area contributed by atoms with Gasteiger partial charge < -0.3 is 29.4 Å². The molecule has 2 saturated heterocycles. The average Bonchev–Trinajstić information content (AvgIpc) is 3.78. The lowest BCUT2D eigenvalue weighted by atomic mass is 10.0. The molecule has 11 nitrogen and oxygen atoms in total. The first-order chi connectivity index (χ1) is 20.6. The molecule has 222 valence electrons. The van der Waals surface area contributed by atoms with Gasteiger partial charge in [-0.2, -0.15) is 18.2 Å². The molecule has 5 aromatic rings. The number of rotatable bonds is 6. The van der Waals surface area contributed by atoms with Crippen molar-refractivity contribution in [2.24, 2.45) is 0 Å². The van der Waals surface area contributed by atoms with Gasteiger partial charge in [-0.25, -0.2) is 9.67 Å². The molecule has 0 bridgehead atoms. The van der Waals surface area contributed by atoms with Crippen molar-refractivity contribution in [3.8, 4) is 34.1 Å². The summed E-state index contributed by atoms with van der Waals surface area (Å²) < 4.78 is 57.2. The molecule has 0 saturated carbocycles. The summed E-state index contributed by atoms with van der Waals surface area (Å²) in [7, 11) is 0. The number of halogens is 4. The van der Waals surface area contributed by atoms with Crippen LogP contribution in [-0.4, -0.2) is 77.9 Å². The summed E-state index contributed by atoms with van der Waals surface area (Å²) in [4.78, 5) is 12.2. The molecular weight excluding hydrogens is 593 g/mol. The van der Waals surface area contributed by atoms with Crippen molar-refractivity contribution in [1.82, 2.24) is 29.9 Å². The number of H-pyrrole nitrogens is 1. The number of imidazole rings is 1. The molecule has 2 aliphatic rings. The monoisotopic (exact) mass is 614 g/mol. The number of nitrogens with one attached hydrogen (secondary N) is 1. The minimum Gasteiger partial charge on any atom is -0.456 e. The second kappa shape index (κ2) is 10.3. The van der Waals surface area contributed by atoms with E-state index < -0.39 is 17.7 Å². The summed E-state index contributed by atoms with van der Waals surface area (Å²) in [5, 5.41) is 26.1. The zero-order valence-corrected chi connectivity index (χ0v) is 22.7. The number of benzene rings is 2. The van der Waals surface area contributed by atoms with Crippen LogP contribution < -0.4 is 4.74 Å². The van der Waals surface area contributed by atoms with Gasteiger partial charge in [-0.05, 0) is 35.7 Å². The van der Waals surface area contributed by atoms with Crippen LogP contribution in [0.4, 0.5) is 13.2 Å². The van der Waals surface area contributed by atoms with Gasteiger partial charge in [-0.1, -0.05) is 53.2 Å². The molecule has 7 rings (SSSR count). The van der Waals surface area contributed by atoms with Crippen molar-refractivity contribution in [3.05, 3.63) is 71.5 Å². The van der Waals surface area contributed by atoms with Crippen molar-refractivity contribution in [2.45, 2.75) is 36.7 Å². The number of ether oxygens (including phenoxy) is 3. The summed E-state index contributed by atoms with van der Waals surface area (Å²) in [6.45, 7) is 1.08. The lowest BCUT2D eigenvalue weighted by Crippen LogP contribution is -2.42. The van der Waals surface area contributed by atoms with E-state index in [1.165, 1.54) is 0 Å².